The predicted octanol–water partition coefficient (Wildman–Crippen LogP) is 2.80. The van der Waals surface area contributed by atoms with Crippen molar-refractivity contribution in [2.75, 3.05) is 0 Å². The fourth-order valence-corrected chi connectivity index (χ4v) is 1.97. The maximum absolute atomic E-state index is 11.5. The third-order valence-corrected chi connectivity index (χ3v) is 3.06. The minimum Gasteiger partial charge on any atom is -0.351 e. The van der Waals surface area contributed by atoms with Crippen LogP contribution in [-0.2, 0) is 11.3 Å². The molecule has 0 aliphatic carbocycles. The third-order valence-electron chi connectivity index (χ3n) is 2.19. The lowest BCUT2D eigenvalue weighted by Crippen LogP contribution is -2.28. The zero-order chi connectivity index (χ0) is 10.4. The van der Waals surface area contributed by atoms with Gasteiger partial charge in [-0.2, -0.15) is 0 Å². The van der Waals surface area contributed by atoms with E-state index in [1.807, 2.05) is 24.4 Å². The molecule has 2 nitrogen and oxygen atoms in total. The van der Waals surface area contributed by atoms with Crippen molar-refractivity contribution in [1.29, 1.82) is 0 Å². The van der Waals surface area contributed by atoms with E-state index in [1.165, 1.54) is 4.88 Å². The van der Waals surface area contributed by atoms with Crippen molar-refractivity contribution in [1.82, 2.24) is 5.32 Å². The highest BCUT2D eigenvalue weighted by Crippen LogP contribution is 2.09. The first-order valence-corrected chi connectivity index (χ1v) is 5.92. The number of thiophene rings is 1. The van der Waals surface area contributed by atoms with Gasteiger partial charge in [0, 0.05) is 10.8 Å². The molecule has 1 aromatic rings. The summed E-state index contributed by atoms with van der Waals surface area (Å²) >= 11 is 1.68. The van der Waals surface area contributed by atoms with Gasteiger partial charge >= 0.3 is 0 Å². The minimum absolute atomic E-state index is 0.139. The van der Waals surface area contributed by atoms with E-state index >= 15 is 0 Å². The fraction of sp³-hybridized carbons (Fsp3) is 0.545. The van der Waals surface area contributed by atoms with Crippen molar-refractivity contribution >= 4 is 17.2 Å². The highest BCUT2D eigenvalue weighted by molar-refractivity contribution is 7.09. The van der Waals surface area contributed by atoms with Gasteiger partial charge in [0.25, 0.3) is 0 Å². The van der Waals surface area contributed by atoms with Crippen LogP contribution in [0.3, 0.4) is 0 Å². The molecule has 1 rings (SSSR count). The largest absolute Gasteiger partial charge is 0.351 e. The summed E-state index contributed by atoms with van der Waals surface area (Å²) in [5, 5.41) is 4.97. The summed E-state index contributed by atoms with van der Waals surface area (Å²) in [5.41, 5.74) is 0. The Labute approximate surface area is 89.3 Å². The molecule has 14 heavy (non-hydrogen) atoms. The van der Waals surface area contributed by atoms with E-state index < -0.39 is 0 Å². The van der Waals surface area contributed by atoms with E-state index in [9.17, 15) is 4.79 Å². The summed E-state index contributed by atoms with van der Waals surface area (Å²) in [4.78, 5) is 12.7. The maximum Gasteiger partial charge on any atom is 0.223 e. The van der Waals surface area contributed by atoms with Crippen LogP contribution in [0.5, 0.6) is 0 Å². The lowest BCUT2D eigenvalue weighted by Gasteiger charge is -2.09. The molecule has 1 atom stereocenters. The number of rotatable bonds is 5. The van der Waals surface area contributed by atoms with Crippen molar-refractivity contribution < 1.29 is 4.79 Å². The molecule has 0 bridgehead atoms. The summed E-state index contributed by atoms with van der Waals surface area (Å²) < 4.78 is 0. The normalized spacial score (nSPS) is 12.4. The zero-order valence-corrected chi connectivity index (χ0v) is 9.56. The van der Waals surface area contributed by atoms with Crippen molar-refractivity contribution in [3.8, 4) is 0 Å². The molecule has 1 amide bonds. The van der Waals surface area contributed by atoms with Crippen LogP contribution in [-0.4, -0.2) is 5.91 Å². The molecule has 0 unspecified atom stereocenters. The number of carbonyl (C=O) groups is 1. The number of nitrogens with one attached hydrogen (secondary N) is 1. The summed E-state index contributed by atoms with van der Waals surface area (Å²) in [7, 11) is 0. The minimum atomic E-state index is 0.139. The van der Waals surface area contributed by atoms with Crippen molar-refractivity contribution in [3.63, 3.8) is 0 Å². The van der Waals surface area contributed by atoms with Crippen LogP contribution >= 0.6 is 11.3 Å². The molecular weight excluding hydrogens is 194 g/mol. The number of hydrogen-bond donors (Lipinski definition) is 1. The van der Waals surface area contributed by atoms with E-state index in [-0.39, 0.29) is 11.8 Å². The Kier molecular flexibility index (Phi) is 4.66. The molecule has 0 saturated heterocycles. The maximum atomic E-state index is 11.5. The van der Waals surface area contributed by atoms with Gasteiger partial charge in [-0.3, -0.25) is 4.79 Å². The van der Waals surface area contributed by atoms with Gasteiger partial charge < -0.3 is 5.32 Å². The molecule has 1 heterocycles. The molecule has 0 aromatic carbocycles. The molecule has 0 aliphatic heterocycles. The first-order chi connectivity index (χ1) is 6.74. The van der Waals surface area contributed by atoms with Gasteiger partial charge in [0.2, 0.25) is 5.91 Å². The summed E-state index contributed by atoms with van der Waals surface area (Å²) in [6.45, 7) is 4.75. The highest BCUT2D eigenvalue weighted by atomic mass is 32.1. The summed E-state index contributed by atoms with van der Waals surface area (Å²) in [6, 6.07) is 4.04. The van der Waals surface area contributed by atoms with Crippen LogP contribution in [0.2, 0.25) is 0 Å². The lowest BCUT2D eigenvalue weighted by molar-refractivity contribution is -0.124. The molecule has 0 fully saturated rings. The van der Waals surface area contributed by atoms with Gasteiger partial charge in [0.05, 0.1) is 6.54 Å². The van der Waals surface area contributed by atoms with Gasteiger partial charge in [-0.15, -0.1) is 11.3 Å². The van der Waals surface area contributed by atoms with Crippen LogP contribution in [0.15, 0.2) is 17.5 Å². The molecule has 3 heteroatoms. The Hall–Kier alpha value is -0.830. The fourth-order valence-electron chi connectivity index (χ4n) is 1.33. The van der Waals surface area contributed by atoms with Crippen LogP contribution in [0.1, 0.15) is 31.6 Å². The molecular formula is C11H17NOS. The quantitative estimate of drug-likeness (QED) is 0.797. The van der Waals surface area contributed by atoms with Crippen LogP contribution in [0.4, 0.5) is 0 Å². The molecule has 0 saturated carbocycles. The smallest absolute Gasteiger partial charge is 0.223 e. The number of hydrogen-bond acceptors (Lipinski definition) is 2. The highest BCUT2D eigenvalue weighted by Gasteiger charge is 2.10. The Morgan fingerprint density at radius 2 is 2.43 bits per heavy atom. The SMILES string of the molecule is CCC[C@@H](C)C(=O)NCc1cccs1. The van der Waals surface area contributed by atoms with Crippen LogP contribution < -0.4 is 5.32 Å². The monoisotopic (exact) mass is 211 g/mol. The molecule has 0 aliphatic rings. The Balaban J connectivity index is 2.27. The van der Waals surface area contributed by atoms with Gasteiger partial charge in [-0.05, 0) is 17.9 Å². The molecule has 0 radical (unpaired) electrons. The second kappa shape index (κ2) is 5.81. The van der Waals surface area contributed by atoms with Gasteiger partial charge in [-0.25, -0.2) is 0 Å². The predicted molar refractivity (Wildman–Crippen MR) is 60.2 cm³/mol. The Bertz CT molecular complexity index is 269. The topological polar surface area (TPSA) is 29.1 Å². The summed E-state index contributed by atoms with van der Waals surface area (Å²) in [5.74, 6) is 0.306. The zero-order valence-electron chi connectivity index (χ0n) is 8.75. The van der Waals surface area contributed by atoms with Crippen LogP contribution in [0.25, 0.3) is 0 Å². The van der Waals surface area contributed by atoms with Crippen molar-refractivity contribution in [2.45, 2.75) is 33.2 Å². The number of amides is 1. The first kappa shape index (κ1) is 11.2. The van der Waals surface area contributed by atoms with E-state index in [0.29, 0.717) is 6.54 Å². The third kappa shape index (κ3) is 3.50. The van der Waals surface area contributed by atoms with Crippen LogP contribution in [0, 0.1) is 5.92 Å². The lowest BCUT2D eigenvalue weighted by atomic mass is 10.1. The molecule has 1 N–H and O–H groups in total. The second-order valence-corrected chi connectivity index (χ2v) is 4.52. The van der Waals surface area contributed by atoms with Gasteiger partial charge in [0.1, 0.15) is 0 Å². The van der Waals surface area contributed by atoms with E-state index in [1.54, 1.807) is 11.3 Å². The van der Waals surface area contributed by atoms with E-state index in [2.05, 4.69) is 12.2 Å². The van der Waals surface area contributed by atoms with Crippen molar-refractivity contribution in [2.24, 2.45) is 5.92 Å². The standard InChI is InChI=1S/C11H17NOS/c1-3-5-9(2)11(13)12-8-10-6-4-7-14-10/h4,6-7,9H,3,5,8H2,1-2H3,(H,12,13)/t9-/m1/s1. The first-order valence-electron chi connectivity index (χ1n) is 5.04. The van der Waals surface area contributed by atoms with Gasteiger partial charge in [0.15, 0.2) is 0 Å². The average molecular weight is 211 g/mol. The second-order valence-electron chi connectivity index (χ2n) is 3.49. The molecule has 78 valence electrons. The Morgan fingerprint density at radius 1 is 1.64 bits per heavy atom. The van der Waals surface area contributed by atoms with E-state index in [4.69, 9.17) is 0 Å². The van der Waals surface area contributed by atoms with Crippen molar-refractivity contribution in [3.05, 3.63) is 22.4 Å². The number of carbonyl (C=O) groups excluding carboxylic acids is 1. The van der Waals surface area contributed by atoms with Gasteiger partial charge in [-0.1, -0.05) is 26.3 Å². The summed E-state index contributed by atoms with van der Waals surface area (Å²) in [6.07, 6.45) is 2.03. The molecule has 1 aromatic heterocycles. The average Bonchev–Trinajstić information content (AvgIpc) is 2.67. The van der Waals surface area contributed by atoms with E-state index in [0.717, 1.165) is 12.8 Å². The molecule has 0 spiro atoms. The Morgan fingerprint density at radius 3 is 3.00 bits per heavy atom.